The van der Waals surface area contributed by atoms with Crippen molar-refractivity contribution in [3.05, 3.63) is 58.1 Å². The van der Waals surface area contributed by atoms with Crippen LogP contribution in [0.1, 0.15) is 15.9 Å². The van der Waals surface area contributed by atoms with Gasteiger partial charge >= 0.3 is 0 Å². The van der Waals surface area contributed by atoms with Gasteiger partial charge in [0.2, 0.25) is 0 Å². The van der Waals surface area contributed by atoms with Gasteiger partial charge in [0.15, 0.2) is 0 Å². The zero-order valence-electron chi connectivity index (χ0n) is 12.4. The second-order valence-corrected chi connectivity index (χ2v) is 5.55. The van der Waals surface area contributed by atoms with E-state index in [0.717, 1.165) is 6.07 Å². The molecule has 124 valence electrons. The van der Waals surface area contributed by atoms with E-state index < -0.39 is 11.8 Å². The molecule has 0 aliphatic carbocycles. The molecule has 24 heavy (non-hydrogen) atoms. The fourth-order valence-corrected chi connectivity index (χ4v) is 2.22. The Bertz CT molecular complexity index is 793. The number of benzene rings is 2. The first kappa shape index (κ1) is 17.5. The van der Waals surface area contributed by atoms with Crippen molar-refractivity contribution >= 4 is 34.0 Å². The number of carbonyl (C=O) groups is 2. The lowest BCUT2D eigenvalue weighted by Crippen LogP contribution is -2.35. The van der Waals surface area contributed by atoms with Crippen LogP contribution in [0, 0.1) is 0 Å². The van der Waals surface area contributed by atoms with Gasteiger partial charge in [-0.15, -0.1) is 0 Å². The molecule has 7 nitrogen and oxygen atoms in total. The number of nitrogens with one attached hydrogen (secondary N) is 2. The molecule has 8 heteroatoms. The minimum absolute atomic E-state index is 0.0801. The van der Waals surface area contributed by atoms with Gasteiger partial charge in [0.25, 0.3) is 11.8 Å². The van der Waals surface area contributed by atoms with Crippen molar-refractivity contribution < 1.29 is 19.8 Å². The number of rotatable bonds is 5. The first-order valence-electron chi connectivity index (χ1n) is 6.84. The van der Waals surface area contributed by atoms with Crippen molar-refractivity contribution in [1.82, 2.24) is 10.7 Å². The Balaban J connectivity index is 1.84. The van der Waals surface area contributed by atoms with Crippen LogP contribution in [0.5, 0.6) is 11.5 Å². The molecular formula is C16H14BrN3O4. The number of carbonyl (C=O) groups excluding carboxylic acids is 2. The standard InChI is InChI=1S/C16H14BrN3O4/c17-13-4-2-1-3-12(13)16(24)18-9-15(23)20-19-8-10-5-6-11(21)7-14(10)22/h1-8,21-22H,9H2,(H,18,24)(H,20,23)/b19-8+. The summed E-state index contributed by atoms with van der Waals surface area (Å²) in [6.07, 6.45) is 1.22. The molecule has 0 saturated carbocycles. The van der Waals surface area contributed by atoms with Gasteiger partial charge in [0, 0.05) is 16.1 Å². The molecule has 0 aliphatic rings. The van der Waals surface area contributed by atoms with E-state index in [1.807, 2.05) is 0 Å². The van der Waals surface area contributed by atoms with Gasteiger partial charge in [-0.05, 0) is 40.2 Å². The smallest absolute Gasteiger partial charge is 0.259 e. The van der Waals surface area contributed by atoms with Crippen molar-refractivity contribution in [3.8, 4) is 11.5 Å². The van der Waals surface area contributed by atoms with Crippen LogP contribution in [0.25, 0.3) is 0 Å². The number of aromatic hydroxyl groups is 2. The van der Waals surface area contributed by atoms with E-state index in [9.17, 15) is 14.7 Å². The molecule has 0 unspecified atom stereocenters. The average Bonchev–Trinajstić information content (AvgIpc) is 2.55. The van der Waals surface area contributed by atoms with Crippen molar-refractivity contribution in [2.24, 2.45) is 5.10 Å². The van der Waals surface area contributed by atoms with Gasteiger partial charge in [-0.1, -0.05) is 12.1 Å². The van der Waals surface area contributed by atoms with Crippen molar-refractivity contribution in [1.29, 1.82) is 0 Å². The Morgan fingerprint density at radius 2 is 1.92 bits per heavy atom. The van der Waals surface area contributed by atoms with Crippen LogP contribution in [0.2, 0.25) is 0 Å². The van der Waals surface area contributed by atoms with Gasteiger partial charge in [-0.2, -0.15) is 5.10 Å². The first-order chi connectivity index (χ1) is 11.5. The minimum Gasteiger partial charge on any atom is -0.508 e. The van der Waals surface area contributed by atoms with E-state index in [4.69, 9.17) is 5.11 Å². The van der Waals surface area contributed by atoms with Crippen LogP contribution in [0.15, 0.2) is 52.0 Å². The van der Waals surface area contributed by atoms with E-state index in [1.54, 1.807) is 24.3 Å². The van der Waals surface area contributed by atoms with Gasteiger partial charge in [-0.3, -0.25) is 9.59 Å². The predicted molar refractivity (Wildman–Crippen MR) is 92.0 cm³/mol. The Morgan fingerprint density at radius 1 is 1.17 bits per heavy atom. The highest BCUT2D eigenvalue weighted by atomic mass is 79.9. The van der Waals surface area contributed by atoms with E-state index in [-0.39, 0.29) is 18.0 Å². The summed E-state index contributed by atoms with van der Waals surface area (Å²) in [6.45, 7) is -0.251. The van der Waals surface area contributed by atoms with Crippen LogP contribution in [-0.4, -0.2) is 34.8 Å². The summed E-state index contributed by atoms with van der Waals surface area (Å²) in [5.74, 6) is -1.17. The fourth-order valence-electron chi connectivity index (χ4n) is 1.76. The molecule has 0 aliphatic heterocycles. The van der Waals surface area contributed by atoms with Crippen LogP contribution in [0.4, 0.5) is 0 Å². The Kier molecular flexibility index (Phi) is 5.91. The number of hydrazone groups is 1. The molecule has 0 spiro atoms. The number of phenolic OH excluding ortho intramolecular Hbond substituents is 2. The van der Waals surface area contributed by atoms with Gasteiger partial charge in [-0.25, -0.2) is 5.43 Å². The van der Waals surface area contributed by atoms with Gasteiger partial charge in [0.05, 0.1) is 18.3 Å². The topological polar surface area (TPSA) is 111 Å². The number of hydrogen-bond donors (Lipinski definition) is 4. The number of halogens is 1. The summed E-state index contributed by atoms with van der Waals surface area (Å²) in [7, 11) is 0. The molecule has 4 N–H and O–H groups in total. The number of phenols is 2. The maximum absolute atomic E-state index is 11.9. The number of nitrogens with zero attached hydrogens (tertiary/aromatic N) is 1. The first-order valence-corrected chi connectivity index (χ1v) is 7.63. The van der Waals surface area contributed by atoms with E-state index in [1.165, 1.54) is 18.3 Å². The third-order valence-corrected chi connectivity index (χ3v) is 3.63. The third-order valence-electron chi connectivity index (χ3n) is 2.93. The quantitative estimate of drug-likeness (QED) is 0.459. The molecule has 2 aromatic rings. The van der Waals surface area contributed by atoms with E-state index >= 15 is 0 Å². The highest BCUT2D eigenvalue weighted by Crippen LogP contribution is 2.20. The monoisotopic (exact) mass is 391 g/mol. The predicted octanol–water partition coefficient (Wildman–Crippen LogP) is 1.74. The lowest BCUT2D eigenvalue weighted by atomic mass is 10.2. The Hall–Kier alpha value is -2.87. The fraction of sp³-hybridized carbons (Fsp3) is 0.0625. The molecule has 0 heterocycles. The third kappa shape index (κ3) is 4.82. The molecule has 0 atom stereocenters. The zero-order chi connectivity index (χ0) is 17.5. The zero-order valence-corrected chi connectivity index (χ0v) is 13.9. The van der Waals surface area contributed by atoms with Crippen LogP contribution in [-0.2, 0) is 4.79 Å². The maximum Gasteiger partial charge on any atom is 0.259 e. The second kappa shape index (κ2) is 8.11. The summed E-state index contributed by atoms with van der Waals surface area (Å²) < 4.78 is 0.628. The summed E-state index contributed by atoms with van der Waals surface area (Å²) >= 11 is 3.26. The molecular weight excluding hydrogens is 378 g/mol. The SMILES string of the molecule is O=C(CNC(=O)c1ccccc1Br)N/N=C/c1ccc(O)cc1O. The molecule has 0 saturated heterocycles. The van der Waals surface area contributed by atoms with Crippen LogP contribution >= 0.6 is 15.9 Å². The summed E-state index contributed by atoms with van der Waals surface area (Å²) in [4.78, 5) is 23.6. The minimum atomic E-state index is -0.523. The molecule has 2 amide bonds. The van der Waals surface area contributed by atoms with E-state index in [0.29, 0.717) is 15.6 Å². The molecule has 2 aromatic carbocycles. The molecule has 0 radical (unpaired) electrons. The highest BCUT2D eigenvalue weighted by Gasteiger charge is 2.10. The molecule has 2 rings (SSSR count). The largest absolute Gasteiger partial charge is 0.508 e. The summed E-state index contributed by atoms with van der Waals surface area (Å²) in [5.41, 5.74) is 2.97. The summed E-state index contributed by atoms with van der Waals surface area (Å²) in [6, 6.07) is 10.8. The van der Waals surface area contributed by atoms with Crippen LogP contribution < -0.4 is 10.7 Å². The lowest BCUT2D eigenvalue weighted by Gasteiger charge is -2.05. The normalized spacial score (nSPS) is 10.5. The lowest BCUT2D eigenvalue weighted by molar-refractivity contribution is -0.120. The van der Waals surface area contributed by atoms with Crippen molar-refractivity contribution in [2.45, 2.75) is 0 Å². The molecule has 0 fully saturated rings. The van der Waals surface area contributed by atoms with Crippen molar-refractivity contribution in [2.75, 3.05) is 6.54 Å². The molecule has 0 aromatic heterocycles. The van der Waals surface area contributed by atoms with Gasteiger partial charge < -0.3 is 15.5 Å². The Labute approximate surface area is 146 Å². The summed E-state index contributed by atoms with van der Waals surface area (Å²) in [5, 5.41) is 24.9. The highest BCUT2D eigenvalue weighted by molar-refractivity contribution is 9.10. The van der Waals surface area contributed by atoms with E-state index in [2.05, 4.69) is 31.8 Å². The molecule has 0 bridgehead atoms. The maximum atomic E-state index is 11.9. The van der Waals surface area contributed by atoms with Crippen LogP contribution in [0.3, 0.4) is 0 Å². The van der Waals surface area contributed by atoms with Crippen molar-refractivity contribution in [3.63, 3.8) is 0 Å². The van der Waals surface area contributed by atoms with Gasteiger partial charge in [0.1, 0.15) is 11.5 Å². The number of hydrogen-bond acceptors (Lipinski definition) is 5. The Morgan fingerprint density at radius 3 is 2.62 bits per heavy atom. The number of amides is 2. The second-order valence-electron chi connectivity index (χ2n) is 4.70. The average molecular weight is 392 g/mol.